The van der Waals surface area contributed by atoms with Gasteiger partial charge in [-0.1, -0.05) is 18.2 Å². The van der Waals surface area contributed by atoms with Crippen molar-refractivity contribution in [1.82, 2.24) is 30.6 Å². The summed E-state index contributed by atoms with van der Waals surface area (Å²) >= 11 is 0. The predicted octanol–water partition coefficient (Wildman–Crippen LogP) is 7.15. The van der Waals surface area contributed by atoms with E-state index < -0.39 is 0 Å². The minimum absolute atomic E-state index is 0.335. The molecule has 1 spiro atoms. The Morgan fingerprint density at radius 3 is 2.41 bits per heavy atom. The van der Waals surface area contributed by atoms with E-state index in [1.807, 2.05) is 6.20 Å². The van der Waals surface area contributed by atoms with Crippen molar-refractivity contribution >= 4 is 33.0 Å². The van der Waals surface area contributed by atoms with Crippen LogP contribution in [-0.2, 0) is 0 Å². The van der Waals surface area contributed by atoms with E-state index in [4.69, 9.17) is 14.4 Å². The third-order valence-corrected chi connectivity index (χ3v) is 10.5. The van der Waals surface area contributed by atoms with E-state index in [0.29, 0.717) is 29.5 Å². The smallest absolute Gasteiger partial charge is 0.136 e. The Morgan fingerprint density at radius 2 is 1.63 bits per heavy atom. The highest BCUT2D eigenvalue weighted by atomic mass is 16.3. The molecule has 7 heteroatoms. The first-order valence-corrected chi connectivity index (χ1v) is 15.2. The number of benzene rings is 3. The van der Waals surface area contributed by atoms with Gasteiger partial charge >= 0.3 is 0 Å². The van der Waals surface area contributed by atoms with Gasteiger partial charge in [0.25, 0.3) is 0 Å². The van der Waals surface area contributed by atoms with Crippen LogP contribution in [0.2, 0.25) is 0 Å². The Hall–Kier alpha value is -3.94. The molecule has 4 aliphatic rings. The Balaban J connectivity index is 0.959. The van der Waals surface area contributed by atoms with Gasteiger partial charge in [-0.3, -0.25) is 0 Å². The van der Waals surface area contributed by atoms with Crippen LogP contribution in [0.3, 0.4) is 0 Å². The number of piperidine rings is 1. The van der Waals surface area contributed by atoms with Crippen molar-refractivity contribution in [2.24, 2.45) is 11.3 Å². The summed E-state index contributed by atoms with van der Waals surface area (Å²) < 4.78 is 6.43. The number of aromatic nitrogens is 4. The number of furan rings is 1. The van der Waals surface area contributed by atoms with Crippen molar-refractivity contribution in [1.29, 1.82) is 0 Å². The second kappa shape index (κ2) is 8.08. The summed E-state index contributed by atoms with van der Waals surface area (Å²) in [5.74, 6) is 2.85. The molecule has 3 aromatic carbocycles. The lowest BCUT2D eigenvalue weighted by Crippen LogP contribution is -2.29. The SMILES string of the molecule is c1cc2nc(C3NC4CCC3C4)[nH]c2cc1-c1ccc2c(c1)oc1cc(-c3cnc(C4CC5(CC5)CN4)[nH]3)ccc12. The van der Waals surface area contributed by atoms with E-state index in [1.54, 1.807) is 0 Å². The average Bonchev–Trinajstić information content (AvgIpc) is 3.68. The third-order valence-electron chi connectivity index (χ3n) is 10.5. The van der Waals surface area contributed by atoms with E-state index >= 15 is 0 Å². The number of hydrogen-bond donors (Lipinski definition) is 4. The average molecular weight is 541 g/mol. The van der Waals surface area contributed by atoms with Gasteiger partial charge < -0.3 is 25.0 Å². The minimum atomic E-state index is 0.335. The lowest BCUT2D eigenvalue weighted by molar-refractivity contribution is 0.380. The molecular formula is C34H32N6O. The van der Waals surface area contributed by atoms with E-state index in [-0.39, 0.29) is 0 Å². The fraction of sp³-hybridized carbons (Fsp3) is 0.353. The second-order valence-corrected chi connectivity index (χ2v) is 13.1. The summed E-state index contributed by atoms with van der Waals surface area (Å²) in [6.07, 6.45) is 9.76. The molecule has 10 rings (SSSR count). The standard InChI is InChI=1S/C34H32N6O/c1-5-22-11-21(1)31(37-22)33-38-25-8-4-18(12-26(25)39-33)19-2-6-23-24-7-3-20(14-30(24)41-29(23)13-19)28-16-35-32(40-28)27-15-34(9-10-34)17-36-27/h2-4,6-8,12-14,16,21-22,27,31,36-37H,1,5,9-11,15,17H2,(H,35,40)(H,38,39). The van der Waals surface area contributed by atoms with Crippen molar-refractivity contribution in [3.63, 3.8) is 0 Å². The van der Waals surface area contributed by atoms with Gasteiger partial charge in [0.15, 0.2) is 0 Å². The molecule has 3 aromatic heterocycles. The van der Waals surface area contributed by atoms with Gasteiger partial charge in [-0.05, 0) is 97.4 Å². The van der Waals surface area contributed by atoms with Gasteiger partial charge in [-0.25, -0.2) is 9.97 Å². The maximum absolute atomic E-state index is 6.43. The highest BCUT2D eigenvalue weighted by Gasteiger charge is 2.49. The molecule has 204 valence electrons. The molecule has 2 bridgehead atoms. The molecule has 4 atom stereocenters. The molecule has 4 fully saturated rings. The first-order valence-electron chi connectivity index (χ1n) is 15.2. The Morgan fingerprint density at radius 1 is 0.829 bits per heavy atom. The molecular weight excluding hydrogens is 508 g/mol. The second-order valence-electron chi connectivity index (χ2n) is 13.1. The number of rotatable bonds is 4. The molecule has 2 aliphatic carbocycles. The van der Waals surface area contributed by atoms with Crippen LogP contribution in [0.5, 0.6) is 0 Å². The highest BCUT2D eigenvalue weighted by Crippen LogP contribution is 2.54. The summed E-state index contributed by atoms with van der Waals surface area (Å²) in [5.41, 5.74) is 8.91. The largest absolute Gasteiger partial charge is 0.456 e. The van der Waals surface area contributed by atoms with Crippen LogP contribution in [0.1, 0.15) is 62.3 Å². The zero-order valence-corrected chi connectivity index (χ0v) is 22.8. The summed E-state index contributed by atoms with van der Waals surface area (Å²) in [4.78, 5) is 16.9. The van der Waals surface area contributed by atoms with Crippen LogP contribution in [0.25, 0.3) is 55.4 Å². The first-order chi connectivity index (χ1) is 20.2. The van der Waals surface area contributed by atoms with E-state index in [1.165, 1.54) is 38.5 Å². The molecule has 4 unspecified atom stereocenters. The fourth-order valence-corrected chi connectivity index (χ4v) is 7.97. The Bertz CT molecular complexity index is 1990. The topological polar surface area (TPSA) is 94.6 Å². The van der Waals surface area contributed by atoms with E-state index in [9.17, 15) is 0 Å². The number of aromatic amines is 2. The minimum Gasteiger partial charge on any atom is -0.456 e. The third kappa shape index (κ3) is 3.52. The molecule has 2 saturated carbocycles. The molecule has 7 nitrogen and oxygen atoms in total. The maximum atomic E-state index is 6.43. The van der Waals surface area contributed by atoms with Crippen LogP contribution >= 0.6 is 0 Å². The fourth-order valence-electron chi connectivity index (χ4n) is 7.97. The van der Waals surface area contributed by atoms with Crippen LogP contribution in [0.15, 0.2) is 65.2 Å². The number of imidazole rings is 2. The lowest BCUT2D eigenvalue weighted by Gasteiger charge is -2.20. The van der Waals surface area contributed by atoms with Gasteiger partial charge in [0, 0.05) is 28.9 Å². The van der Waals surface area contributed by atoms with Crippen LogP contribution < -0.4 is 10.6 Å². The van der Waals surface area contributed by atoms with Crippen LogP contribution in [-0.4, -0.2) is 32.5 Å². The summed E-state index contributed by atoms with van der Waals surface area (Å²) in [6, 6.07) is 20.9. The Labute approximate surface area is 237 Å². The molecule has 2 aliphatic heterocycles. The molecule has 0 amide bonds. The predicted molar refractivity (Wildman–Crippen MR) is 160 cm³/mol. The first kappa shape index (κ1) is 22.7. The normalized spacial score (nSPS) is 26.3. The van der Waals surface area contributed by atoms with Gasteiger partial charge in [0.05, 0.1) is 35.0 Å². The maximum Gasteiger partial charge on any atom is 0.136 e. The van der Waals surface area contributed by atoms with Crippen molar-refractivity contribution in [3.8, 4) is 22.4 Å². The molecule has 6 aromatic rings. The summed E-state index contributed by atoms with van der Waals surface area (Å²) in [5, 5.41) is 9.70. The molecule has 4 N–H and O–H groups in total. The van der Waals surface area contributed by atoms with E-state index in [2.05, 4.69) is 75.2 Å². The molecule has 5 heterocycles. The zero-order chi connectivity index (χ0) is 26.7. The van der Waals surface area contributed by atoms with Crippen molar-refractivity contribution < 1.29 is 4.42 Å². The van der Waals surface area contributed by atoms with Crippen LogP contribution in [0.4, 0.5) is 0 Å². The van der Waals surface area contributed by atoms with Gasteiger partial charge in [0.1, 0.15) is 22.8 Å². The van der Waals surface area contributed by atoms with Gasteiger partial charge in [-0.2, -0.15) is 0 Å². The van der Waals surface area contributed by atoms with Crippen LogP contribution in [0, 0.1) is 11.3 Å². The number of H-pyrrole nitrogens is 2. The Kier molecular flexibility index (Phi) is 4.48. The molecule has 41 heavy (non-hydrogen) atoms. The van der Waals surface area contributed by atoms with Crippen molar-refractivity contribution in [3.05, 3.63) is 72.4 Å². The summed E-state index contributed by atoms with van der Waals surface area (Å²) in [6.45, 7) is 1.12. The quantitative estimate of drug-likeness (QED) is 0.191. The summed E-state index contributed by atoms with van der Waals surface area (Å²) in [7, 11) is 0. The number of fused-ring (bicyclic) bond motifs is 6. The number of nitrogens with zero attached hydrogens (tertiary/aromatic N) is 2. The molecule has 0 radical (unpaired) electrons. The lowest BCUT2D eigenvalue weighted by atomic mass is 10.00. The number of nitrogens with one attached hydrogen (secondary N) is 4. The molecule has 2 saturated heterocycles. The van der Waals surface area contributed by atoms with Crippen molar-refractivity contribution in [2.45, 2.75) is 56.7 Å². The van der Waals surface area contributed by atoms with Crippen molar-refractivity contribution in [2.75, 3.05) is 6.54 Å². The highest BCUT2D eigenvalue weighted by molar-refractivity contribution is 6.07. The zero-order valence-electron chi connectivity index (χ0n) is 22.8. The number of hydrogen-bond acceptors (Lipinski definition) is 5. The monoisotopic (exact) mass is 540 g/mol. The van der Waals surface area contributed by atoms with Gasteiger partial charge in [0.2, 0.25) is 0 Å². The van der Waals surface area contributed by atoms with E-state index in [0.717, 1.165) is 73.5 Å². The van der Waals surface area contributed by atoms with Gasteiger partial charge in [-0.15, -0.1) is 0 Å².